The van der Waals surface area contributed by atoms with E-state index in [1.165, 1.54) is 32.1 Å². The quantitative estimate of drug-likeness (QED) is 0.553. The second-order valence-corrected chi connectivity index (χ2v) is 4.35. The molecule has 1 rings (SSSR count). The van der Waals surface area contributed by atoms with Gasteiger partial charge in [-0.3, -0.25) is 0 Å². The summed E-state index contributed by atoms with van der Waals surface area (Å²) >= 11 is 0. The molecule has 4 nitrogen and oxygen atoms in total. The van der Waals surface area contributed by atoms with Gasteiger partial charge in [0.2, 0.25) is 0 Å². The van der Waals surface area contributed by atoms with Crippen molar-refractivity contribution in [3.8, 4) is 0 Å². The zero-order valence-corrected chi connectivity index (χ0v) is 11.0. The van der Waals surface area contributed by atoms with Crippen LogP contribution in [0.5, 0.6) is 0 Å². The number of hydrogen-bond acceptors (Lipinski definition) is 4. The molecule has 0 atom stereocenters. The molecule has 102 valence electrons. The molecule has 0 amide bonds. The number of methoxy groups -OCH3 is 1. The van der Waals surface area contributed by atoms with Crippen molar-refractivity contribution >= 4 is 0 Å². The summed E-state index contributed by atoms with van der Waals surface area (Å²) in [7, 11) is 1.67. The number of hydrogen-bond donors (Lipinski definition) is 0. The predicted octanol–water partition coefficient (Wildman–Crippen LogP) is 2.02. The lowest BCUT2D eigenvalue weighted by Gasteiger charge is -2.21. The topological polar surface area (TPSA) is 36.9 Å². The third-order valence-electron chi connectivity index (χ3n) is 2.94. The van der Waals surface area contributed by atoms with Crippen molar-refractivity contribution in [1.29, 1.82) is 0 Å². The van der Waals surface area contributed by atoms with Gasteiger partial charge in [0, 0.05) is 7.11 Å². The first-order valence-electron chi connectivity index (χ1n) is 6.69. The van der Waals surface area contributed by atoms with Crippen molar-refractivity contribution in [2.24, 2.45) is 0 Å². The van der Waals surface area contributed by atoms with Crippen LogP contribution in [0.1, 0.15) is 32.1 Å². The molecule has 0 bridgehead atoms. The van der Waals surface area contributed by atoms with E-state index in [0.717, 1.165) is 0 Å². The van der Waals surface area contributed by atoms with Crippen molar-refractivity contribution in [1.82, 2.24) is 0 Å². The van der Waals surface area contributed by atoms with Crippen LogP contribution >= 0.6 is 0 Å². The summed E-state index contributed by atoms with van der Waals surface area (Å²) < 4.78 is 21.3. The fraction of sp³-hybridized carbons (Fsp3) is 1.00. The van der Waals surface area contributed by atoms with Crippen LogP contribution in [0.15, 0.2) is 0 Å². The molecule has 1 aliphatic rings. The minimum atomic E-state index is 0.477. The van der Waals surface area contributed by atoms with E-state index in [-0.39, 0.29) is 0 Å². The lowest BCUT2D eigenvalue weighted by molar-refractivity contribution is -0.0252. The molecule has 17 heavy (non-hydrogen) atoms. The standard InChI is InChI=1S/C13H26O4/c1-14-7-8-15-9-10-16-11-12-17-13-5-3-2-4-6-13/h13H,2-12H2,1H3. The van der Waals surface area contributed by atoms with E-state index in [1.54, 1.807) is 7.11 Å². The normalized spacial score (nSPS) is 17.5. The van der Waals surface area contributed by atoms with Gasteiger partial charge >= 0.3 is 0 Å². The van der Waals surface area contributed by atoms with Crippen LogP contribution in [0.25, 0.3) is 0 Å². The smallest absolute Gasteiger partial charge is 0.0704 e. The van der Waals surface area contributed by atoms with Crippen LogP contribution in [-0.2, 0) is 18.9 Å². The Morgan fingerprint density at radius 3 is 2.00 bits per heavy atom. The summed E-state index contributed by atoms with van der Waals surface area (Å²) in [4.78, 5) is 0. The molecule has 0 aromatic heterocycles. The highest BCUT2D eigenvalue weighted by molar-refractivity contribution is 4.64. The van der Waals surface area contributed by atoms with E-state index >= 15 is 0 Å². The predicted molar refractivity (Wildman–Crippen MR) is 66.3 cm³/mol. The van der Waals surface area contributed by atoms with E-state index in [4.69, 9.17) is 18.9 Å². The summed E-state index contributed by atoms with van der Waals surface area (Å²) in [6.07, 6.45) is 6.93. The van der Waals surface area contributed by atoms with Crippen molar-refractivity contribution in [3.05, 3.63) is 0 Å². The molecule has 4 heteroatoms. The summed E-state index contributed by atoms with van der Waals surface area (Å²) in [6, 6.07) is 0. The van der Waals surface area contributed by atoms with Gasteiger partial charge in [0.05, 0.1) is 45.7 Å². The van der Waals surface area contributed by atoms with E-state index in [9.17, 15) is 0 Å². The monoisotopic (exact) mass is 246 g/mol. The van der Waals surface area contributed by atoms with Crippen molar-refractivity contribution < 1.29 is 18.9 Å². The maximum absolute atomic E-state index is 5.74. The van der Waals surface area contributed by atoms with Gasteiger partial charge in [-0.25, -0.2) is 0 Å². The molecule has 0 unspecified atom stereocenters. The maximum atomic E-state index is 5.74. The zero-order valence-electron chi connectivity index (χ0n) is 11.0. The molecule has 1 aliphatic carbocycles. The van der Waals surface area contributed by atoms with Crippen LogP contribution < -0.4 is 0 Å². The molecule has 0 N–H and O–H groups in total. The Morgan fingerprint density at radius 2 is 1.35 bits per heavy atom. The molecule has 0 heterocycles. The number of ether oxygens (including phenoxy) is 4. The Morgan fingerprint density at radius 1 is 0.765 bits per heavy atom. The van der Waals surface area contributed by atoms with Crippen LogP contribution in [0.3, 0.4) is 0 Å². The summed E-state index contributed by atoms with van der Waals surface area (Å²) in [5.41, 5.74) is 0. The van der Waals surface area contributed by atoms with E-state index in [1.807, 2.05) is 0 Å². The van der Waals surface area contributed by atoms with Crippen molar-refractivity contribution in [3.63, 3.8) is 0 Å². The Bertz CT molecular complexity index is 157. The molecule has 0 aromatic carbocycles. The van der Waals surface area contributed by atoms with Gasteiger partial charge in [-0.05, 0) is 12.8 Å². The van der Waals surface area contributed by atoms with Gasteiger partial charge in [-0.2, -0.15) is 0 Å². The second-order valence-electron chi connectivity index (χ2n) is 4.35. The van der Waals surface area contributed by atoms with Crippen LogP contribution in [-0.4, -0.2) is 52.9 Å². The van der Waals surface area contributed by atoms with Gasteiger partial charge in [0.1, 0.15) is 0 Å². The molecular weight excluding hydrogens is 220 g/mol. The first-order chi connectivity index (χ1) is 8.43. The highest BCUT2D eigenvalue weighted by Gasteiger charge is 2.12. The van der Waals surface area contributed by atoms with Crippen LogP contribution in [0, 0.1) is 0 Å². The van der Waals surface area contributed by atoms with Gasteiger partial charge in [-0.15, -0.1) is 0 Å². The molecule has 1 saturated carbocycles. The molecule has 0 aromatic rings. The molecule has 0 spiro atoms. The van der Waals surface area contributed by atoms with Gasteiger partial charge in [0.15, 0.2) is 0 Å². The van der Waals surface area contributed by atoms with E-state index in [0.29, 0.717) is 45.7 Å². The third-order valence-corrected chi connectivity index (χ3v) is 2.94. The van der Waals surface area contributed by atoms with E-state index < -0.39 is 0 Å². The summed E-state index contributed by atoms with van der Waals surface area (Å²) in [6.45, 7) is 3.93. The largest absolute Gasteiger partial charge is 0.382 e. The first kappa shape index (κ1) is 14.9. The Labute approximate surface area is 105 Å². The van der Waals surface area contributed by atoms with Gasteiger partial charge in [0.25, 0.3) is 0 Å². The van der Waals surface area contributed by atoms with Crippen molar-refractivity contribution in [2.75, 3.05) is 46.8 Å². The lowest BCUT2D eigenvalue weighted by Crippen LogP contribution is -2.19. The van der Waals surface area contributed by atoms with Gasteiger partial charge in [-0.1, -0.05) is 19.3 Å². The highest BCUT2D eigenvalue weighted by atomic mass is 16.6. The zero-order chi connectivity index (χ0) is 12.2. The van der Waals surface area contributed by atoms with E-state index in [2.05, 4.69) is 0 Å². The van der Waals surface area contributed by atoms with Crippen LogP contribution in [0.4, 0.5) is 0 Å². The van der Waals surface area contributed by atoms with Crippen molar-refractivity contribution in [2.45, 2.75) is 38.2 Å². The molecule has 1 fully saturated rings. The summed E-state index contributed by atoms with van der Waals surface area (Å²) in [5.74, 6) is 0. The average molecular weight is 246 g/mol. The fourth-order valence-electron chi connectivity index (χ4n) is 1.97. The second kappa shape index (κ2) is 11.0. The Kier molecular flexibility index (Phi) is 9.61. The van der Waals surface area contributed by atoms with Crippen LogP contribution in [0.2, 0.25) is 0 Å². The average Bonchev–Trinajstić information content (AvgIpc) is 2.38. The molecule has 0 radical (unpaired) electrons. The molecule has 0 saturated heterocycles. The first-order valence-corrected chi connectivity index (χ1v) is 6.69. The maximum Gasteiger partial charge on any atom is 0.0704 e. The third kappa shape index (κ3) is 8.55. The van der Waals surface area contributed by atoms with Gasteiger partial charge < -0.3 is 18.9 Å². The molecule has 0 aliphatic heterocycles. The minimum Gasteiger partial charge on any atom is -0.382 e. The SMILES string of the molecule is COCCOCCOCCOC1CCCCC1. The Balaban J connectivity index is 1.75. The number of rotatable bonds is 10. The fourth-order valence-corrected chi connectivity index (χ4v) is 1.97. The summed E-state index contributed by atoms with van der Waals surface area (Å²) in [5, 5.41) is 0. The Hall–Kier alpha value is -0.160. The highest BCUT2D eigenvalue weighted by Crippen LogP contribution is 2.19. The lowest BCUT2D eigenvalue weighted by atomic mass is 9.98. The minimum absolute atomic E-state index is 0.477. The molecular formula is C13H26O4.